The summed E-state index contributed by atoms with van der Waals surface area (Å²) in [5, 5.41) is 0.914. The van der Waals surface area contributed by atoms with Crippen LogP contribution in [0.5, 0.6) is 0 Å². The number of hydrogen-bond donors (Lipinski definition) is 1. The van der Waals surface area contributed by atoms with Crippen LogP contribution in [0.4, 0.5) is 0 Å². The highest BCUT2D eigenvalue weighted by Gasteiger charge is 2.32. The van der Waals surface area contributed by atoms with Crippen molar-refractivity contribution in [2.24, 2.45) is 0 Å². The van der Waals surface area contributed by atoms with E-state index in [4.69, 9.17) is 0 Å². The minimum absolute atomic E-state index is 0.0426. The molecule has 1 unspecified atom stereocenters. The topological polar surface area (TPSA) is 86.4 Å². The molecule has 0 bridgehead atoms. The van der Waals surface area contributed by atoms with E-state index in [1.54, 1.807) is 24.5 Å². The maximum absolute atomic E-state index is 13.0. The number of aromatic nitrogens is 2. The minimum atomic E-state index is -3.55. The quantitative estimate of drug-likeness (QED) is 0.666. The average molecular weight is 398 g/mol. The lowest BCUT2D eigenvalue weighted by molar-refractivity contribution is 0.0784. The van der Waals surface area contributed by atoms with Crippen LogP contribution >= 0.6 is 0 Å². The number of ketones is 1. The van der Waals surface area contributed by atoms with Crippen LogP contribution in [0.25, 0.3) is 10.9 Å². The number of pyridine rings is 1. The number of para-hydroxylation sites is 1. The normalized spacial score (nSPS) is 17.6. The highest BCUT2D eigenvalue weighted by atomic mass is 32.2. The Hall–Kier alpha value is -2.55. The number of carbonyl (C=O) groups is 1. The Morgan fingerprint density at radius 1 is 1.11 bits per heavy atom. The molecule has 0 aliphatic carbocycles. The number of sulfonamides is 1. The van der Waals surface area contributed by atoms with E-state index < -0.39 is 10.0 Å². The van der Waals surface area contributed by atoms with Gasteiger partial charge in [-0.05, 0) is 25.1 Å². The van der Waals surface area contributed by atoms with Gasteiger partial charge in [0.25, 0.3) is 0 Å². The molecule has 3 heterocycles. The molecule has 146 valence electrons. The number of nitrogens with zero attached hydrogens (tertiary/aromatic N) is 3. The highest BCUT2D eigenvalue weighted by Crippen LogP contribution is 2.22. The van der Waals surface area contributed by atoms with Crippen molar-refractivity contribution in [2.45, 2.75) is 17.9 Å². The molecule has 0 amide bonds. The molecule has 0 saturated carbocycles. The van der Waals surface area contributed by atoms with Crippen molar-refractivity contribution >= 4 is 26.7 Å². The van der Waals surface area contributed by atoms with E-state index in [1.807, 2.05) is 36.1 Å². The zero-order valence-electron chi connectivity index (χ0n) is 15.6. The first-order valence-corrected chi connectivity index (χ1v) is 10.7. The van der Waals surface area contributed by atoms with Crippen molar-refractivity contribution in [3.8, 4) is 0 Å². The van der Waals surface area contributed by atoms with Crippen molar-refractivity contribution in [1.82, 2.24) is 19.2 Å². The minimum Gasteiger partial charge on any atom is -0.360 e. The molecule has 2 aromatic heterocycles. The lowest BCUT2D eigenvalue weighted by Crippen LogP contribution is -2.53. The number of Topliss-reactive ketones (excluding diaryl/α,β-unsaturated/α-hetero) is 1. The van der Waals surface area contributed by atoms with Gasteiger partial charge < -0.3 is 4.98 Å². The van der Waals surface area contributed by atoms with Gasteiger partial charge in [-0.1, -0.05) is 18.2 Å². The third-order valence-corrected chi connectivity index (χ3v) is 7.21. The number of rotatable bonds is 5. The van der Waals surface area contributed by atoms with Crippen LogP contribution in [-0.4, -0.2) is 65.6 Å². The number of aromatic amines is 1. The summed E-state index contributed by atoms with van der Waals surface area (Å²) in [5.41, 5.74) is 1.61. The Labute approximate surface area is 164 Å². The van der Waals surface area contributed by atoms with E-state index >= 15 is 0 Å². The molecule has 0 spiro atoms. The zero-order valence-corrected chi connectivity index (χ0v) is 16.4. The fraction of sp³-hybridized carbons (Fsp3) is 0.300. The van der Waals surface area contributed by atoms with Gasteiger partial charge in [0.1, 0.15) is 4.90 Å². The highest BCUT2D eigenvalue weighted by molar-refractivity contribution is 7.89. The largest absolute Gasteiger partial charge is 0.360 e. The number of nitrogens with one attached hydrogen (secondary N) is 1. The van der Waals surface area contributed by atoms with E-state index in [0.29, 0.717) is 31.7 Å². The van der Waals surface area contributed by atoms with Crippen LogP contribution in [0.15, 0.2) is 59.9 Å². The maximum atomic E-state index is 13.0. The molecule has 1 aliphatic heterocycles. The molecular weight excluding hydrogens is 376 g/mol. The van der Waals surface area contributed by atoms with Crippen LogP contribution in [0.1, 0.15) is 17.3 Å². The third kappa shape index (κ3) is 3.34. The maximum Gasteiger partial charge on any atom is 0.244 e. The molecule has 1 fully saturated rings. The monoisotopic (exact) mass is 398 g/mol. The summed E-state index contributed by atoms with van der Waals surface area (Å²) in [5.74, 6) is 0.0426. The molecule has 28 heavy (non-hydrogen) atoms. The molecule has 8 heteroatoms. The first-order valence-electron chi connectivity index (χ1n) is 9.23. The first-order chi connectivity index (χ1) is 13.5. The van der Waals surface area contributed by atoms with Gasteiger partial charge >= 0.3 is 0 Å². The standard InChI is InChI=1S/C20H22N4O3S/c1-15(20(25)18-14-22-19-7-3-2-6-17(18)19)23-9-11-24(12-10-23)28(26,27)16-5-4-8-21-13-16/h2-8,13-15,22H,9-12H2,1H3. The van der Waals surface area contributed by atoms with Gasteiger partial charge in [0.15, 0.2) is 5.78 Å². The first kappa shape index (κ1) is 18.8. The molecule has 1 atom stereocenters. The zero-order chi connectivity index (χ0) is 19.7. The Morgan fingerprint density at radius 3 is 2.57 bits per heavy atom. The molecule has 1 saturated heterocycles. The van der Waals surface area contributed by atoms with Crippen LogP contribution < -0.4 is 0 Å². The predicted molar refractivity (Wildman–Crippen MR) is 107 cm³/mol. The fourth-order valence-electron chi connectivity index (χ4n) is 3.65. The Kier molecular flexibility index (Phi) is 5.01. The van der Waals surface area contributed by atoms with E-state index in [0.717, 1.165) is 10.9 Å². The van der Waals surface area contributed by atoms with Crippen LogP contribution in [0.2, 0.25) is 0 Å². The molecule has 1 aliphatic rings. The van der Waals surface area contributed by atoms with E-state index in [9.17, 15) is 13.2 Å². The SMILES string of the molecule is CC(C(=O)c1c[nH]c2ccccc12)N1CCN(S(=O)(=O)c2cccnc2)CC1. The van der Waals surface area contributed by atoms with Crippen molar-refractivity contribution in [3.05, 3.63) is 60.6 Å². The number of hydrogen-bond acceptors (Lipinski definition) is 5. The predicted octanol–water partition coefficient (Wildman–Crippen LogP) is 2.14. The second-order valence-electron chi connectivity index (χ2n) is 6.92. The van der Waals surface area contributed by atoms with Gasteiger partial charge in [-0.25, -0.2) is 8.42 Å². The molecule has 3 aromatic rings. The molecule has 4 rings (SSSR count). The fourth-order valence-corrected chi connectivity index (χ4v) is 5.03. The summed E-state index contributed by atoms with van der Waals surface area (Å²) < 4.78 is 26.9. The van der Waals surface area contributed by atoms with Crippen molar-refractivity contribution in [2.75, 3.05) is 26.2 Å². The number of carbonyl (C=O) groups excluding carboxylic acids is 1. The summed E-state index contributed by atoms with van der Waals surface area (Å²) in [6.07, 6.45) is 4.67. The van der Waals surface area contributed by atoms with Crippen LogP contribution in [-0.2, 0) is 10.0 Å². The lowest BCUT2D eigenvalue weighted by Gasteiger charge is -2.36. The molecule has 0 radical (unpaired) electrons. The Balaban J connectivity index is 1.45. The summed E-state index contributed by atoms with van der Waals surface area (Å²) in [6, 6.07) is 10.6. The molecule has 1 N–H and O–H groups in total. The summed E-state index contributed by atoms with van der Waals surface area (Å²) >= 11 is 0. The molecular formula is C20H22N4O3S. The summed E-state index contributed by atoms with van der Waals surface area (Å²) in [6.45, 7) is 3.60. The van der Waals surface area contributed by atoms with Crippen molar-refractivity contribution < 1.29 is 13.2 Å². The number of benzene rings is 1. The third-order valence-electron chi connectivity index (χ3n) is 5.33. The van der Waals surface area contributed by atoms with Crippen LogP contribution in [0.3, 0.4) is 0 Å². The number of piperazine rings is 1. The Bertz CT molecular complexity index is 1090. The molecule has 7 nitrogen and oxygen atoms in total. The Morgan fingerprint density at radius 2 is 1.86 bits per heavy atom. The second kappa shape index (κ2) is 7.46. The van der Waals surface area contributed by atoms with Gasteiger partial charge in [0.2, 0.25) is 10.0 Å². The smallest absolute Gasteiger partial charge is 0.244 e. The summed E-state index contributed by atoms with van der Waals surface area (Å²) in [7, 11) is -3.55. The van der Waals surface area contributed by atoms with Crippen LogP contribution in [0, 0.1) is 0 Å². The van der Waals surface area contributed by atoms with Gasteiger partial charge in [0, 0.05) is 61.2 Å². The van der Waals surface area contributed by atoms with E-state index in [-0.39, 0.29) is 16.7 Å². The van der Waals surface area contributed by atoms with E-state index in [2.05, 4.69) is 9.97 Å². The second-order valence-corrected chi connectivity index (χ2v) is 8.85. The van der Waals surface area contributed by atoms with Gasteiger partial charge in [-0.3, -0.25) is 14.7 Å². The number of fused-ring (bicyclic) bond motifs is 1. The number of H-pyrrole nitrogens is 1. The average Bonchev–Trinajstić information content (AvgIpc) is 3.17. The van der Waals surface area contributed by atoms with Crippen molar-refractivity contribution in [1.29, 1.82) is 0 Å². The summed E-state index contributed by atoms with van der Waals surface area (Å²) in [4.78, 5) is 22.3. The van der Waals surface area contributed by atoms with Gasteiger partial charge in [0.05, 0.1) is 6.04 Å². The van der Waals surface area contributed by atoms with Gasteiger partial charge in [-0.15, -0.1) is 0 Å². The lowest BCUT2D eigenvalue weighted by atomic mass is 10.0. The van der Waals surface area contributed by atoms with Crippen molar-refractivity contribution in [3.63, 3.8) is 0 Å². The van der Waals surface area contributed by atoms with E-state index in [1.165, 1.54) is 10.5 Å². The van der Waals surface area contributed by atoms with Gasteiger partial charge in [-0.2, -0.15) is 4.31 Å². The molecule has 1 aromatic carbocycles.